The standard InChI is InChI=1S/C18H35N3O2S.HI/c1-3-19-18(20-13-17-11-12-24(22,23)14-17)21-15(2)9-10-16-7-5-4-6-8-16;/h15-17H,3-14H2,1-2H3,(H2,19,20,21);1H. The highest BCUT2D eigenvalue weighted by molar-refractivity contribution is 14.0. The molecule has 1 aliphatic carbocycles. The van der Waals surface area contributed by atoms with Gasteiger partial charge in [-0.1, -0.05) is 32.1 Å². The molecule has 0 aromatic heterocycles. The quantitative estimate of drug-likeness (QED) is 0.330. The lowest BCUT2D eigenvalue weighted by Crippen LogP contribution is -2.42. The molecule has 148 valence electrons. The number of hydrogen-bond acceptors (Lipinski definition) is 3. The van der Waals surface area contributed by atoms with Crippen molar-refractivity contribution in [2.24, 2.45) is 16.8 Å². The van der Waals surface area contributed by atoms with Gasteiger partial charge in [-0.2, -0.15) is 0 Å². The van der Waals surface area contributed by atoms with Gasteiger partial charge >= 0.3 is 0 Å². The fourth-order valence-corrected chi connectivity index (χ4v) is 5.67. The van der Waals surface area contributed by atoms with Gasteiger partial charge in [0.2, 0.25) is 0 Å². The molecule has 1 saturated heterocycles. The number of rotatable bonds is 7. The highest BCUT2D eigenvalue weighted by atomic mass is 127. The minimum absolute atomic E-state index is 0. The minimum Gasteiger partial charge on any atom is -0.357 e. The fraction of sp³-hybridized carbons (Fsp3) is 0.944. The highest BCUT2D eigenvalue weighted by Crippen LogP contribution is 2.27. The maximum atomic E-state index is 11.5. The zero-order valence-electron chi connectivity index (χ0n) is 15.8. The van der Waals surface area contributed by atoms with Crippen LogP contribution in [0.15, 0.2) is 4.99 Å². The zero-order valence-corrected chi connectivity index (χ0v) is 18.9. The van der Waals surface area contributed by atoms with Crippen LogP contribution >= 0.6 is 24.0 Å². The molecule has 2 rings (SSSR count). The molecule has 0 bridgehead atoms. The Hall–Kier alpha value is -0.0500. The number of nitrogens with zero attached hydrogens (tertiary/aromatic N) is 1. The van der Waals surface area contributed by atoms with Crippen LogP contribution in [-0.2, 0) is 9.84 Å². The largest absolute Gasteiger partial charge is 0.357 e. The van der Waals surface area contributed by atoms with Gasteiger partial charge in [0, 0.05) is 19.1 Å². The molecular weight excluding hydrogens is 449 g/mol. The van der Waals surface area contributed by atoms with Gasteiger partial charge in [0.25, 0.3) is 0 Å². The molecule has 25 heavy (non-hydrogen) atoms. The summed E-state index contributed by atoms with van der Waals surface area (Å²) in [6, 6.07) is 0.400. The van der Waals surface area contributed by atoms with Gasteiger partial charge in [-0.05, 0) is 44.9 Å². The predicted octanol–water partition coefficient (Wildman–Crippen LogP) is 3.34. The molecule has 0 aromatic carbocycles. The summed E-state index contributed by atoms with van der Waals surface area (Å²) >= 11 is 0. The van der Waals surface area contributed by atoms with Crippen molar-refractivity contribution in [2.75, 3.05) is 24.6 Å². The van der Waals surface area contributed by atoms with Crippen LogP contribution < -0.4 is 10.6 Å². The number of nitrogens with one attached hydrogen (secondary N) is 2. The maximum absolute atomic E-state index is 11.5. The van der Waals surface area contributed by atoms with Crippen LogP contribution in [0.3, 0.4) is 0 Å². The number of guanidine groups is 1. The molecule has 0 spiro atoms. The van der Waals surface area contributed by atoms with Crippen molar-refractivity contribution < 1.29 is 8.42 Å². The van der Waals surface area contributed by atoms with E-state index in [1.165, 1.54) is 44.9 Å². The van der Waals surface area contributed by atoms with Crippen LogP contribution in [0.2, 0.25) is 0 Å². The summed E-state index contributed by atoms with van der Waals surface area (Å²) in [4.78, 5) is 4.63. The van der Waals surface area contributed by atoms with Crippen molar-refractivity contribution in [3.8, 4) is 0 Å². The SMILES string of the molecule is CCNC(=NCC1CCS(=O)(=O)C1)NC(C)CCC1CCCCC1.I. The number of hydrogen-bond donors (Lipinski definition) is 2. The summed E-state index contributed by atoms with van der Waals surface area (Å²) in [6.07, 6.45) is 10.2. The Morgan fingerprint density at radius 3 is 2.48 bits per heavy atom. The zero-order chi connectivity index (χ0) is 17.4. The highest BCUT2D eigenvalue weighted by Gasteiger charge is 2.27. The Morgan fingerprint density at radius 1 is 1.16 bits per heavy atom. The van der Waals surface area contributed by atoms with Gasteiger partial charge in [-0.15, -0.1) is 24.0 Å². The van der Waals surface area contributed by atoms with Gasteiger partial charge in [0.1, 0.15) is 0 Å². The van der Waals surface area contributed by atoms with E-state index in [2.05, 4.69) is 29.5 Å². The lowest BCUT2D eigenvalue weighted by atomic mass is 9.85. The molecule has 2 unspecified atom stereocenters. The molecule has 2 aliphatic rings. The van der Waals surface area contributed by atoms with Gasteiger partial charge in [0.15, 0.2) is 15.8 Å². The molecule has 1 heterocycles. The van der Waals surface area contributed by atoms with E-state index in [9.17, 15) is 8.42 Å². The molecule has 1 saturated carbocycles. The van der Waals surface area contributed by atoms with Gasteiger partial charge in [-0.25, -0.2) is 8.42 Å². The lowest BCUT2D eigenvalue weighted by molar-refractivity contribution is 0.322. The molecule has 0 amide bonds. The number of aliphatic imine (C=N–C) groups is 1. The van der Waals surface area contributed by atoms with E-state index in [1.807, 2.05) is 0 Å². The smallest absolute Gasteiger partial charge is 0.191 e. The second-order valence-corrected chi connectivity index (χ2v) is 9.84. The average molecular weight is 485 g/mol. The van der Waals surface area contributed by atoms with Crippen molar-refractivity contribution in [2.45, 2.75) is 71.3 Å². The predicted molar refractivity (Wildman–Crippen MR) is 117 cm³/mol. The first-order valence-electron chi connectivity index (χ1n) is 9.73. The van der Waals surface area contributed by atoms with E-state index in [4.69, 9.17) is 0 Å². The Balaban J connectivity index is 0.00000312. The van der Waals surface area contributed by atoms with Crippen molar-refractivity contribution in [1.82, 2.24) is 10.6 Å². The topological polar surface area (TPSA) is 70.6 Å². The molecule has 5 nitrogen and oxygen atoms in total. The summed E-state index contributed by atoms with van der Waals surface area (Å²) < 4.78 is 23.1. The van der Waals surface area contributed by atoms with Crippen LogP contribution in [0.5, 0.6) is 0 Å². The number of sulfone groups is 1. The first-order valence-corrected chi connectivity index (χ1v) is 11.6. The van der Waals surface area contributed by atoms with E-state index < -0.39 is 9.84 Å². The summed E-state index contributed by atoms with van der Waals surface area (Å²) in [5, 5.41) is 6.78. The first-order chi connectivity index (χ1) is 11.5. The van der Waals surface area contributed by atoms with Crippen LogP contribution in [0, 0.1) is 11.8 Å². The van der Waals surface area contributed by atoms with Crippen molar-refractivity contribution >= 4 is 39.8 Å². The van der Waals surface area contributed by atoms with Crippen molar-refractivity contribution in [3.05, 3.63) is 0 Å². The van der Waals surface area contributed by atoms with E-state index in [0.717, 1.165) is 24.8 Å². The summed E-state index contributed by atoms with van der Waals surface area (Å²) in [5.41, 5.74) is 0. The Labute approximate surface area is 171 Å². The number of halogens is 1. The van der Waals surface area contributed by atoms with Crippen LogP contribution in [0.4, 0.5) is 0 Å². The maximum Gasteiger partial charge on any atom is 0.191 e. The molecular formula is C18H36IN3O2S. The van der Waals surface area contributed by atoms with E-state index >= 15 is 0 Å². The lowest BCUT2D eigenvalue weighted by Gasteiger charge is -2.24. The fourth-order valence-electron chi connectivity index (χ4n) is 3.82. The van der Waals surface area contributed by atoms with Gasteiger partial charge in [0.05, 0.1) is 11.5 Å². The third-order valence-corrected chi connectivity index (χ3v) is 7.13. The Kier molecular flexibility index (Phi) is 10.7. The Morgan fingerprint density at radius 2 is 1.88 bits per heavy atom. The molecule has 0 aromatic rings. The molecule has 2 atom stereocenters. The van der Waals surface area contributed by atoms with E-state index in [0.29, 0.717) is 24.1 Å². The first kappa shape index (κ1) is 23.0. The van der Waals surface area contributed by atoms with Gasteiger partial charge < -0.3 is 10.6 Å². The van der Waals surface area contributed by atoms with Crippen LogP contribution in [0.1, 0.15) is 65.2 Å². The molecule has 0 radical (unpaired) electrons. The Bertz CT molecular complexity index is 504. The normalized spacial score (nSPS) is 25.2. The second kappa shape index (κ2) is 11.6. The van der Waals surface area contributed by atoms with E-state index in [1.54, 1.807) is 0 Å². The minimum atomic E-state index is -2.81. The van der Waals surface area contributed by atoms with Gasteiger partial charge in [-0.3, -0.25) is 4.99 Å². The third-order valence-electron chi connectivity index (χ3n) is 5.29. The molecule has 1 aliphatic heterocycles. The molecule has 2 fully saturated rings. The third kappa shape index (κ3) is 8.93. The summed E-state index contributed by atoms with van der Waals surface area (Å²) in [7, 11) is -2.81. The van der Waals surface area contributed by atoms with Crippen LogP contribution in [0.25, 0.3) is 0 Å². The van der Waals surface area contributed by atoms with E-state index in [-0.39, 0.29) is 29.9 Å². The van der Waals surface area contributed by atoms with Crippen molar-refractivity contribution in [1.29, 1.82) is 0 Å². The second-order valence-electron chi connectivity index (χ2n) is 7.62. The molecule has 7 heteroatoms. The average Bonchev–Trinajstić information content (AvgIpc) is 2.91. The molecule has 2 N–H and O–H groups in total. The van der Waals surface area contributed by atoms with Crippen LogP contribution in [-0.4, -0.2) is 45.0 Å². The summed E-state index contributed by atoms with van der Waals surface area (Å²) in [6.45, 7) is 5.70. The summed E-state index contributed by atoms with van der Waals surface area (Å²) in [5.74, 6) is 2.55. The monoisotopic (exact) mass is 485 g/mol. The van der Waals surface area contributed by atoms with Crippen molar-refractivity contribution in [3.63, 3.8) is 0 Å².